The van der Waals surface area contributed by atoms with Gasteiger partial charge in [-0.3, -0.25) is 9.35 Å². The first-order valence-electron chi connectivity index (χ1n) is 6.90. The summed E-state index contributed by atoms with van der Waals surface area (Å²) < 4.78 is 34.9. The van der Waals surface area contributed by atoms with Crippen LogP contribution in [0.3, 0.4) is 0 Å². The lowest BCUT2D eigenvalue weighted by molar-refractivity contribution is -0.139. The number of amides is 1. The summed E-state index contributed by atoms with van der Waals surface area (Å²) in [5, 5.41) is 11.2. The smallest absolute Gasteiger partial charge is 0.338 e. The molecule has 3 N–H and O–H groups in total. The third-order valence-electron chi connectivity index (χ3n) is 2.93. The van der Waals surface area contributed by atoms with Crippen LogP contribution in [-0.4, -0.2) is 54.3 Å². The number of hydrogen-bond acceptors (Lipinski definition) is 6. The van der Waals surface area contributed by atoms with E-state index >= 15 is 0 Å². The van der Waals surface area contributed by atoms with Crippen LogP contribution in [-0.2, 0) is 19.6 Å². The van der Waals surface area contributed by atoms with Gasteiger partial charge in [-0.05, 0) is 25.5 Å². The second kappa shape index (κ2) is 8.41. The zero-order valence-electron chi connectivity index (χ0n) is 12.8. The number of carboxylic acids is 1. The number of nitrogens with one attached hydrogen (secondary N) is 1. The van der Waals surface area contributed by atoms with Gasteiger partial charge in [0.25, 0.3) is 16.0 Å². The lowest BCUT2D eigenvalue weighted by Crippen LogP contribution is -2.42. The highest BCUT2D eigenvalue weighted by Crippen LogP contribution is 2.11. The Balaban J connectivity index is 2.96. The number of aliphatic carboxylic acids is 1. The van der Waals surface area contributed by atoms with Crippen LogP contribution in [0.25, 0.3) is 0 Å². The summed E-state index contributed by atoms with van der Waals surface area (Å²) in [5.74, 6) is -3.92. The van der Waals surface area contributed by atoms with Crippen molar-refractivity contribution < 1.29 is 37.2 Å². The van der Waals surface area contributed by atoms with Crippen molar-refractivity contribution in [1.29, 1.82) is 0 Å². The van der Waals surface area contributed by atoms with Crippen molar-refractivity contribution in [2.24, 2.45) is 0 Å². The van der Waals surface area contributed by atoms with Crippen LogP contribution in [0.4, 0.5) is 0 Å². The van der Waals surface area contributed by atoms with E-state index in [4.69, 9.17) is 14.4 Å². The third-order valence-corrected chi connectivity index (χ3v) is 3.69. The fourth-order valence-corrected chi connectivity index (χ4v) is 2.36. The van der Waals surface area contributed by atoms with Crippen molar-refractivity contribution in [2.45, 2.75) is 19.4 Å². The van der Waals surface area contributed by atoms with Gasteiger partial charge < -0.3 is 15.2 Å². The minimum Gasteiger partial charge on any atom is -0.480 e. The Morgan fingerprint density at radius 2 is 1.79 bits per heavy atom. The maximum Gasteiger partial charge on any atom is 0.338 e. The number of carbonyl (C=O) groups is 3. The number of rotatable bonds is 8. The number of esters is 1. The molecule has 0 aromatic heterocycles. The Hall–Kier alpha value is -2.46. The second-order valence-corrected chi connectivity index (χ2v) is 6.28. The molecule has 1 aromatic rings. The van der Waals surface area contributed by atoms with Crippen LogP contribution in [0.5, 0.6) is 0 Å². The summed E-state index contributed by atoms with van der Waals surface area (Å²) in [5.41, 5.74) is -0.148. The predicted molar refractivity (Wildman–Crippen MR) is 82.3 cm³/mol. The van der Waals surface area contributed by atoms with E-state index in [1.54, 1.807) is 6.92 Å². The van der Waals surface area contributed by atoms with Crippen LogP contribution in [0.1, 0.15) is 34.1 Å². The summed E-state index contributed by atoms with van der Waals surface area (Å²) in [6, 6.07) is 4.10. The van der Waals surface area contributed by atoms with Gasteiger partial charge in [0.15, 0.2) is 0 Å². The summed E-state index contributed by atoms with van der Waals surface area (Å²) >= 11 is 0. The largest absolute Gasteiger partial charge is 0.480 e. The van der Waals surface area contributed by atoms with Crippen molar-refractivity contribution in [3.05, 3.63) is 35.4 Å². The van der Waals surface area contributed by atoms with Gasteiger partial charge in [-0.25, -0.2) is 9.59 Å². The van der Waals surface area contributed by atoms with Crippen molar-refractivity contribution in [3.8, 4) is 0 Å². The molecule has 0 unspecified atom stereocenters. The van der Waals surface area contributed by atoms with E-state index < -0.39 is 46.2 Å². The second-order valence-electron chi connectivity index (χ2n) is 4.71. The SMILES string of the molecule is CCOC(=O)c1ccccc1C(=O)N[C@@H](CCS(=O)(=O)O)C(=O)O. The van der Waals surface area contributed by atoms with Gasteiger partial charge in [0.1, 0.15) is 6.04 Å². The van der Waals surface area contributed by atoms with Gasteiger partial charge in [0.05, 0.1) is 23.5 Å². The summed E-state index contributed by atoms with van der Waals surface area (Å²) in [6.45, 7) is 1.69. The Morgan fingerprint density at radius 1 is 1.21 bits per heavy atom. The van der Waals surface area contributed by atoms with Gasteiger partial charge >= 0.3 is 11.9 Å². The van der Waals surface area contributed by atoms with Crippen LogP contribution in [0, 0.1) is 0 Å². The molecule has 0 aliphatic carbocycles. The van der Waals surface area contributed by atoms with Gasteiger partial charge in [-0.15, -0.1) is 0 Å². The van der Waals surface area contributed by atoms with Crippen LogP contribution in [0.15, 0.2) is 24.3 Å². The van der Waals surface area contributed by atoms with Crippen molar-refractivity contribution >= 4 is 28.0 Å². The molecule has 0 bridgehead atoms. The molecule has 10 heteroatoms. The highest BCUT2D eigenvalue weighted by atomic mass is 32.2. The first-order chi connectivity index (χ1) is 11.2. The van der Waals surface area contributed by atoms with Gasteiger partial charge in [0, 0.05) is 0 Å². The Labute approximate surface area is 138 Å². The molecule has 0 saturated carbocycles. The first-order valence-corrected chi connectivity index (χ1v) is 8.51. The van der Waals surface area contributed by atoms with Crippen LogP contribution in [0.2, 0.25) is 0 Å². The molecule has 0 aliphatic heterocycles. The van der Waals surface area contributed by atoms with Gasteiger partial charge in [0.2, 0.25) is 0 Å². The Morgan fingerprint density at radius 3 is 2.29 bits per heavy atom. The molecule has 0 fully saturated rings. The van der Waals surface area contributed by atoms with Crippen LogP contribution < -0.4 is 5.32 Å². The molecular weight excluding hydrogens is 342 g/mol. The minimum absolute atomic E-state index is 0.0456. The predicted octanol–water partition coefficient (Wildman–Crippen LogP) is 0.324. The van der Waals surface area contributed by atoms with E-state index in [0.29, 0.717) is 0 Å². The minimum atomic E-state index is -4.37. The molecule has 1 rings (SSSR count). The maximum atomic E-state index is 12.2. The average molecular weight is 359 g/mol. The molecule has 1 atom stereocenters. The molecule has 0 spiro atoms. The van der Waals surface area contributed by atoms with Gasteiger partial charge in [-0.1, -0.05) is 12.1 Å². The number of carboxylic acid groups (broad SMARTS) is 1. The summed E-state index contributed by atoms with van der Waals surface area (Å²) in [6.07, 6.45) is -0.526. The third kappa shape index (κ3) is 5.97. The van der Waals surface area contributed by atoms with E-state index in [-0.39, 0.29) is 17.7 Å². The van der Waals surface area contributed by atoms with Crippen LogP contribution >= 0.6 is 0 Å². The van der Waals surface area contributed by atoms with Crippen molar-refractivity contribution in [2.75, 3.05) is 12.4 Å². The maximum absolute atomic E-state index is 12.2. The lowest BCUT2D eigenvalue weighted by atomic mass is 10.1. The van der Waals surface area contributed by atoms with E-state index in [1.165, 1.54) is 24.3 Å². The number of hydrogen-bond donors (Lipinski definition) is 3. The number of ether oxygens (including phenoxy) is 1. The van der Waals surface area contributed by atoms with E-state index in [2.05, 4.69) is 5.32 Å². The Bertz CT molecular complexity index is 728. The van der Waals surface area contributed by atoms with Crippen molar-refractivity contribution in [1.82, 2.24) is 5.32 Å². The fourth-order valence-electron chi connectivity index (χ4n) is 1.83. The topological polar surface area (TPSA) is 147 Å². The molecule has 0 aliphatic rings. The molecule has 24 heavy (non-hydrogen) atoms. The summed E-state index contributed by atoms with van der Waals surface area (Å²) in [4.78, 5) is 35.2. The van der Waals surface area contributed by atoms with Crippen molar-refractivity contribution in [3.63, 3.8) is 0 Å². The molecule has 1 amide bonds. The zero-order chi connectivity index (χ0) is 18.3. The molecule has 0 heterocycles. The molecule has 1 aromatic carbocycles. The molecule has 132 valence electrons. The quantitative estimate of drug-likeness (QED) is 0.444. The standard InChI is InChI=1S/C14H17NO8S/c1-2-23-14(19)10-6-4-3-5-9(10)12(16)15-11(13(17)18)7-8-24(20,21)22/h3-6,11H,2,7-8H2,1H3,(H,15,16)(H,17,18)(H,20,21,22)/t11-/m0/s1. The fraction of sp³-hybridized carbons (Fsp3) is 0.357. The normalized spacial score (nSPS) is 12.2. The van der Waals surface area contributed by atoms with Gasteiger partial charge in [-0.2, -0.15) is 8.42 Å². The zero-order valence-corrected chi connectivity index (χ0v) is 13.6. The van der Waals surface area contributed by atoms with E-state index in [9.17, 15) is 22.8 Å². The Kier molecular flexibility index (Phi) is 6.86. The lowest BCUT2D eigenvalue weighted by Gasteiger charge is -2.15. The monoisotopic (exact) mass is 359 g/mol. The molecule has 0 radical (unpaired) electrons. The molecule has 9 nitrogen and oxygen atoms in total. The molecule has 0 saturated heterocycles. The molecular formula is C14H17NO8S. The highest BCUT2D eigenvalue weighted by Gasteiger charge is 2.25. The summed E-state index contributed by atoms with van der Waals surface area (Å²) in [7, 11) is -4.37. The van der Waals surface area contributed by atoms with E-state index in [0.717, 1.165) is 0 Å². The average Bonchev–Trinajstić information content (AvgIpc) is 2.50. The number of carbonyl (C=O) groups excluding carboxylic acids is 2. The highest BCUT2D eigenvalue weighted by molar-refractivity contribution is 7.85. The van der Waals surface area contributed by atoms with E-state index in [1.807, 2.05) is 0 Å². The first kappa shape index (κ1) is 19.6. The number of benzene rings is 1.